The standard InChI is InChI=1S/C23H19N5O2/c1-2-27-20-10-6-4-7-16(20)18-13-15(11-12-21(18)27)24-22(29)14-28-23(30)17-8-3-5-9-19(17)25-26-28/h3-13H,2,14H2,1H3,(H,24,29). The maximum absolute atomic E-state index is 12.6. The molecule has 5 rings (SSSR count). The van der Waals surface area contributed by atoms with E-state index in [1.807, 2.05) is 30.3 Å². The molecule has 0 bridgehead atoms. The van der Waals surface area contributed by atoms with E-state index >= 15 is 0 Å². The summed E-state index contributed by atoms with van der Waals surface area (Å²) in [7, 11) is 0. The number of amides is 1. The van der Waals surface area contributed by atoms with E-state index in [-0.39, 0.29) is 18.0 Å². The first kappa shape index (κ1) is 18.1. The molecule has 0 aliphatic carbocycles. The summed E-state index contributed by atoms with van der Waals surface area (Å²) in [5.41, 5.74) is 3.13. The van der Waals surface area contributed by atoms with E-state index in [9.17, 15) is 9.59 Å². The lowest BCUT2D eigenvalue weighted by Gasteiger charge is -2.08. The Balaban J connectivity index is 1.46. The predicted octanol–water partition coefficient (Wildman–Crippen LogP) is 3.56. The number of hydrogen-bond acceptors (Lipinski definition) is 4. The Kier molecular flexibility index (Phi) is 4.28. The number of anilines is 1. The average Bonchev–Trinajstić information content (AvgIpc) is 3.09. The van der Waals surface area contributed by atoms with E-state index < -0.39 is 0 Å². The fraction of sp³-hybridized carbons (Fsp3) is 0.130. The largest absolute Gasteiger partial charge is 0.341 e. The summed E-state index contributed by atoms with van der Waals surface area (Å²) in [4.78, 5) is 25.1. The van der Waals surface area contributed by atoms with Crippen LogP contribution < -0.4 is 10.9 Å². The lowest BCUT2D eigenvalue weighted by atomic mass is 10.1. The third kappa shape index (κ3) is 2.91. The third-order valence-electron chi connectivity index (χ3n) is 5.30. The van der Waals surface area contributed by atoms with Crippen molar-refractivity contribution in [1.29, 1.82) is 0 Å². The first-order chi connectivity index (χ1) is 14.7. The Bertz CT molecular complexity index is 1480. The van der Waals surface area contributed by atoms with E-state index in [0.717, 1.165) is 33.0 Å². The number of nitrogens with zero attached hydrogens (tertiary/aromatic N) is 4. The van der Waals surface area contributed by atoms with E-state index in [1.165, 1.54) is 0 Å². The molecule has 5 aromatic rings. The average molecular weight is 397 g/mol. The Morgan fingerprint density at radius 1 is 0.933 bits per heavy atom. The minimum atomic E-state index is -0.336. The zero-order valence-electron chi connectivity index (χ0n) is 16.4. The van der Waals surface area contributed by atoms with Gasteiger partial charge in [-0.2, -0.15) is 0 Å². The zero-order valence-corrected chi connectivity index (χ0v) is 16.4. The topological polar surface area (TPSA) is 81.8 Å². The molecule has 2 aromatic heterocycles. The molecule has 7 heteroatoms. The molecule has 148 valence electrons. The van der Waals surface area contributed by atoms with Crippen molar-refractivity contribution in [3.05, 3.63) is 77.1 Å². The number of aromatic nitrogens is 4. The van der Waals surface area contributed by atoms with Gasteiger partial charge in [0.25, 0.3) is 5.56 Å². The molecule has 0 spiro atoms. The van der Waals surface area contributed by atoms with E-state index in [2.05, 4.69) is 39.3 Å². The van der Waals surface area contributed by atoms with Crippen molar-refractivity contribution in [2.24, 2.45) is 0 Å². The van der Waals surface area contributed by atoms with Crippen LogP contribution in [0.1, 0.15) is 6.92 Å². The van der Waals surface area contributed by atoms with Gasteiger partial charge < -0.3 is 9.88 Å². The van der Waals surface area contributed by atoms with E-state index in [4.69, 9.17) is 0 Å². The summed E-state index contributed by atoms with van der Waals surface area (Å²) in [6, 6.07) is 21.0. The molecule has 0 aliphatic heterocycles. The van der Waals surface area contributed by atoms with Crippen molar-refractivity contribution >= 4 is 44.3 Å². The molecule has 1 amide bonds. The summed E-state index contributed by atoms with van der Waals surface area (Å²) in [6.45, 7) is 2.77. The Hall–Kier alpha value is -4.00. The molecular formula is C23H19N5O2. The van der Waals surface area contributed by atoms with Gasteiger partial charge in [0.15, 0.2) is 0 Å². The third-order valence-corrected chi connectivity index (χ3v) is 5.30. The van der Waals surface area contributed by atoms with Gasteiger partial charge in [0, 0.05) is 34.0 Å². The van der Waals surface area contributed by atoms with Crippen LogP contribution in [-0.4, -0.2) is 25.5 Å². The van der Waals surface area contributed by atoms with E-state index in [0.29, 0.717) is 16.6 Å². The van der Waals surface area contributed by atoms with Gasteiger partial charge in [0.05, 0.1) is 5.39 Å². The molecule has 0 radical (unpaired) electrons. The lowest BCUT2D eigenvalue weighted by Crippen LogP contribution is -2.30. The minimum absolute atomic E-state index is 0.203. The van der Waals surface area contributed by atoms with Crippen molar-refractivity contribution in [2.75, 3.05) is 5.32 Å². The quantitative estimate of drug-likeness (QED) is 0.503. The number of fused-ring (bicyclic) bond motifs is 4. The molecule has 7 nitrogen and oxygen atoms in total. The van der Waals surface area contributed by atoms with Gasteiger partial charge in [-0.15, -0.1) is 5.10 Å². The Morgan fingerprint density at radius 3 is 2.50 bits per heavy atom. The molecule has 0 aliphatic rings. The summed E-state index contributed by atoms with van der Waals surface area (Å²) >= 11 is 0. The highest BCUT2D eigenvalue weighted by molar-refractivity contribution is 6.09. The van der Waals surface area contributed by atoms with Gasteiger partial charge in [-0.05, 0) is 43.3 Å². The first-order valence-corrected chi connectivity index (χ1v) is 9.79. The van der Waals surface area contributed by atoms with Crippen molar-refractivity contribution in [3.8, 4) is 0 Å². The van der Waals surface area contributed by atoms with Crippen LogP contribution >= 0.6 is 0 Å². The second-order valence-electron chi connectivity index (χ2n) is 7.11. The number of carbonyl (C=O) groups is 1. The molecule has 0 saturated carbocycles. The minimum Gasteiger partial charge on any atom is -0.341 e. The Labute approximate surface area is 171 Å². The van der Waals surface area contributed by atoms with Crippen LogP contribution in [0.4, 0.5) is 5.69 Å². The van der Waals surface area contributed by atoms with Gasteiger partial charge in [0.1, 0.15) is 12.1 Å². The van der Waals surface area contributed by atoms with Gasteiger partial charge in [-0.3, -0.25) is 9.59 Å². The summed E-state index contributed by atoms with van der Waals surface area (Å²) in [5.74, 6) is -0.333. The van der Waals surface area contributed by atoms with Crippen molar-refractivity contribution in [2.45, 2.75) is 20.0 Å². The molecule has 0 saturated heterocycles. The first-order valence-electron chi connectivity index (χ1n) is 9.79. The van der Waals surface area contributed by atoms with E-state index in [1.54, 1.807) is 24.3 Å². The predicted molar refractivity (Wildman–Crippen MR) is 118 cm³/mol. The summed E-state index contributed by atoms with van der Waals surface area (Å²) in [5, 5.41) is 13.4. The smallest absolute Gasteiger partial charge is 0.278 e. The number of carbonyl (C=O) groups excluding carboxylic acids is 1. The van der Waals surface area contributed by atoms with Crippen LogP contribution in [0.2, 0.25) is 0 Å². The SMILES string of the molecule is CCn1c2ccccc2c2cc(NC(=O)Cn3nnc4ccccc4c3=O)ccc21. The fourth-order valence-corrected chi connectivity index (χ4v) is 3.94. The maximum atomic E-state index is 12.6. The monoisotopic (exact) mass is 397 g/mol. The summed E-state index contributed by atoms with van der Waals surface area (Å²) in [6.07, 6.45) is 0. The number of nitrogens with one attached hydrogen (secondary N) is 1. The lowest BCUT2D eigenvalue weighted by molar-refractivity contribution is -0.117. The van der Waals surface area contributed by atoms with Crippen LogP contribution in [0.5, 0.6) is 0 Å². The van der Waals surface area contributed by atoms with Crippen LogP contribution in [-0.2, 0) is 17.9 Å². The molecule has 30 heavy (non-hydrogen) atoms. The Morgan fingerprint density at radius 2 is 1.67 bits per heavy atom. The van der Waals surface area contributed by atoms with Crippen LogP contribution in [0, 0.1) is 0 Å². The molecule has 3 aromatic carbocycles. The highest BCUT2D eigenvalue weighted by Crippen LogP contribution is 2.30. The number of hydrogen-bond donors (Lipinski definition) is 1. The van der Waals surface area contributed by atoms with Crippen molar-refractivity contribution in [1.82, 2.24) is 19.6 Å². The number of aryl methyl sites for hydroxylation is 1. The number of para-hydroxylation sites is 1. The van der Waals surface area contributed by atoms with Gasteiger partial charge in [-0.25, -0.2) is 4.68 Å². The van der Waals surface area contributed by atoms with Gasteiger partial charge in [-0.1, -0.05) is 35.5 Å². The normalized spacial score (nSPS) is 11.4. The summed E-state index contributed by atoms with van der Waals surface area (Å²) < 4.78 is 3.33. The zero-order chi connectivity index (χ0) is 20.7. The molecular weight excluding hydrogens is 378 g/mol. The molecule has 0 unspecified atom stereocenters. The second kappa shape index (κ2) is 7.11. The van der Waals surface area contributed by atoms with Crippen LogP contribution in [0.25, 0.3) is 32.7 Å². The van der Waals surface area contributed by atoms with Crippen molar-refractivity contribution in [3.63, 3.8) is 0 Å². The van der Waals surface area contributed by atoms with Crippen LogP contribution in [0.15, 0.2) is 71.5 Å². The fourth-order valence-electron chi connectivity index (χ4n) is 3.94. The van der Waals surface area contributed by atoms with Crippen LogP contribution in [0.3, 0.4) is 0 Å². The molecule has 0 fully saturated rings. The maximum Gasteiger partial charge on any atom is 0.278 e. The number of benzene rings is 3. The van der Waals surface area contributed by atoms with Gasteiger partial charge in [0.2, 0.25) is 5.91 Å². The highest BCUT2D eigenvalue weighted by atomic mass is 16.2. The number of rotatable bonds is 4. The molecule has 1 N–H and O–H groups in total. The molecule has 2 heterocycles. The molecule has 0 atom stereocenters. The van der Waals surface area contributed by atoms with Crippen molar-refractivity contribution < 1.29 is 4.79 Å². The van der Waals surface area contributed by atoms with Gasteiger partial charge >= 0.3 is 0 Å². The highest BCUT2D eigenvalue weighted by Gasteiger charge is 2.12. The second-order valence-corrected chi connectivity index (χ2v) is 7.11.